The minimum Gasteiger partial charge on any atom is -0.300 e. The minimum atomic E-state index is 0.0174. The SMILES string of the molecule is CC(=O)CCC(=O)c1ccc(C=Cc2ccccc2)cc1. The molecule has 0 aliphatic carbocycles. The molecule has 2 rings (SSSR count). The Labute approximate surface area is 125 Å². The van der Waals surface area contributed by atoms with E-state index in [1.807, 2.05) is 66.7 Å². The Morgan fingerprint density at radius 3 is 1.95 bits per heavy atom. The Kier molecular flexibility index (Phi) is 5.22. The second-order valence-corrected chi connectivity index (χ2v) is 4.99. The largest absolute Gasteiger partial charge is 0.300 e. The number of carbonyl (C=O) groups excluding carboxylic acids is 2. The van der Waals surface area contributed by atoms with Gasteiger partial charge < -0.3 is 4.79 Å². The van der Waals surface area contributed by atoms with Gasteiger partial charge in [0.2, 0.25) is 0 Å². The van der Waals surface area contributed by atoms with E-state index in [-0.39, 0.29) is 18.0 Å². The first-order valence-electron chi connectivity index (χ1n) is 7.01. The number of rotatable bonds is 6. The highest BCUT2D eigenvalue weighted by molar-refractivity contribution is 5.98. The Morgan fingerprint density at radius 2 is 1.38 bits per heavy atom. The third-order valence-electron chi connectivity index (χ3n) is 3.20. The summed E-state index contributed by atoms with van der Waals surface area (Å²) >= 11 is 0. The summed E-state index contributed by atoms with van der Waals surface area (Å²) < 4.78 is 0. The van der Waals surface area contributed by atoms with Crippen LogP contribution in [0, 0.1) is 0 Å². The van der Waals surface area contributed by atoms with Crippen LogP contribution in [0.5, 0.6) is 0 Å². The van der Waals surface area contributed by atoms with Crippen LogP contribution in [0.3, 0.4) is 0 Å². The van der Waals surface area contributed by atoms with Crippen LogP contribution in [0.4, 0.5) is 0 Å². The molecule has 106 valence electrons. The van der Waals surface area contributed by atoms with Crippen LogP contribution in [0.15, 0.2) is 54.6 Å². The second kappa shape index (κ2) is 7.34. The number of hydrogen-bond acceptors (Lipinski definition) is 2. The summed E-state index contributed by atoms with van der Waals surface area (Å²) in [5.74, 6) is 0.0644. The quantitative estimate of drug-likeness (QED) is 0.579. The standard InChI is InChI=1S/C19H18O2/c1-15(20)7-14-19(21)18-12-10-17(11-13-18)9-8-16-5-3-2-4-6-16/h2-6,8-13H,7,14H2,1H3. The van der Waals surface area contributed by atoms with E-state index >= 15 is 0 Å². The summed E-state index contributed by atoms with van der Waals surface area (Å²) in [6.07, 6.45) is 4.65. The molecule has 2 nitrogen and oxygen atoms in total. The van der Waals surface area contributed by atoms with Crippen molar-refractivity contribution in [2.24, 2.45) is 0 Å². The van der Waals surface area contributed by atoms with E-state index < -0.39 is 0 Å². The van der Waals surface area contributed by atoms with E-state index in [2.05, 4.69) is 0 Å². The van der Waals surface area contributed by atoms with Crippen LogP contribution >= 0.6 is 0 Å². The number of Topliss-reactive ketones (excluding diaryl/α,β-unsaturated/α-hetero) is 2. The van der Waals surface area contributed by atoms with Crippen molar-refractivity contribution < 1.29 is 9.59 Å². The first kappa shape index (κ1) is 14.9. The lowest BCUT2D eigenvalue weighted by Crippen LogP contribution is -2.01. The van der Waals surface area contributed by atoms with Crippen LogP contribution in [-0.2, 0) is 4.79 Å². The number of ketones is 2. The molecule has 0 amide bonds. The van der Waals surface area contributed by atoms with Gasteiger partial charge in [0.15, 0.2) is 5.78 Å². The highest BCUT2D eigenvalue weighted by Crippen LogP contribution is 2.11. The van der Waals surface area contributed by atoms with Gasteiger partial charge in [-0.05, 0) is 18.1 Å². The molecule has 0 bridgehead atoms. The molecule has 0 unspecified atom stereocenters. The molecule has 0 N–H and O–H groups in total. The molecule has 2 heteroatoms. The van der Waals surface area contributed by atoms with Gasteiger partial charge in [0.05, 0.1) is 0 Å². The fraction of sp³-hybridized carbons (Fsp3) is 0.158. The van der Waals surface area contributed by atoms with Crippen molar-refractivity contribution >= 4 is 23.7 Å². The number of hydrogen-bond donors (Lipinski definition) is 0. The summed E-state index contributed by atoms with van der Waals surface area (Å²) in [4.78, 5) is 22.8. The molecule has 21 heavy (non-hydrogen) atoms. The van der Waals surface area contributed by atoms with Gasteiger partial charge in [-0.3, -0.25) is 4.79 Å². The molecular weight excluding hydrogens is 260 g/mol. The van der Waals surface area contributed by atoms with Crippen molar-refractivity contribution in [1.82, 2.24) is 0 Å². The maximum absolute atomic E-state index is 11.9. The summed E-state index contributed by atoms with van der Waals surface area (Å²) in [5, 5.41) is 0. The molecule has 0 aliphatic rings. The summed E-state index contributed by atoms with van der Waals surface area (Å²) in [6.45, 7) is 1.50. The van der Waals surface area contributed by atoms with Gasteiger partial charge in [0.1, 0.15) is 5.78 Å². The molecule has 0 aromatic heterocycles. The van der Waals surface area contributed by atoms with Crippen molar-refractivity contribution in [2.45, 2.75) is 19.8 Å². The lowest BCUT2D eigenvalue weighted by atomic mass is 10.0. The zero-order valence-electron chi connectivity index (χ0n) is 12.1. The van der Waals surface area contributed by atoms with Gasteiger partial charge >= 0.3 is 0 Å². The molecule has 0 saturated heterocycles. The van der Waals surface area contributed by atoms with E-state index in [9.17, 15) is 9.59 Å². The molecule has 0 saturated carbocycles. The van der Waals surface area contributed by atoms with Gasteiger partial charge in [-0.1, -0.05) is 66.7 Å². The molecule has 0 atom stereocenters. The fourth-order valence-corrected chi connectivity index (χ4v) is 1.97. The van der Waals surface area contributed by atoms with E-state index in [1.54, 1.807) is 0 Å². The van der Waals surface area contributed by atoms with Gasteiger partial charge in [0, 0.05) is 18.4 Å². The summed E-state index contributed by atoms with van der Waals surface area (Å²) in [7, 11) is 0. The second-order valence-electron chi connectivity index (χ2n) is 4.99. The van der Waals surface area contributed by atoms with Crippen LogP contribution in [0.1, 0.15) is 41.3 Å². The van der Waals surface area contributed by atoms with Crippen LogP contribution in [-0.4, -0.2) is 11.6 Å². The van der Waals surface area contributed by atoms with Crippen LogP contribution < -0.4 is 0 Å². The van der Waals surface area contributed by atoms with E-state index in [4.69, 9.17) is 0 Å². The average Bonchev–Trinajstić information content (AvgIpc) is 2.52. The van der Waals surface area contributed by atoms with Gasteiger partial charge in [-0.2, -0.15) is 0 Å². The summed E-state index contributed by atoms with van der Waals surface area (Å²) in [5.41, 5.74) is 2.84. The van der Waals surface area contributed by atoms with Crippen molar-refractivity contribution in [1.29, 1.82) is 0 Å². The Bertz CT molecular complexity index is 637. The van der Waals surface area contributed by atoms with Crippen LogP contribution in [0.25, 0.3) is 12.2 Å². The third kappa shape index (κ3) is 4.84. The molecule has 0 fully saturated rings. The van der Waals surface area contributed by atoms with Crippen molar-refractivity contribution in [3.05, 3.63) is 71.3 Å². The highest BCUT2D eigenvalue weighted by Gasteiger charge is 2.06. The normalized spacial score (nSPS) is 10.7. The Hall–Kier alpha value is -2.48. The third-order valence-corrected chi connectivity index (χ3v) is 3.20. The molecule has 2 aromatic carbocycles. The first-order chi connectivity index (χ1) is 10.1. The molecule has 0 heterocycles. The molecule has 0 spiro atoms. The minimum absolute atomic E-state index is 0.0174. The van der Waals surface area contributed by atoms with E-state index in [0.717, 1.165) is 11.1 Å². The average molecular weight is 278 g/mol. The van der Waals surface area contributed by atoms with Crippen molar-refractivity contribution in [3.63, 3.8) is 0 Å². The predicted molar refractivity (Wildman–Crippen MR) is 86.1 cm³/mol. The lowest BCUT2D eigenvalue weighted by Gasteiger charge is -2.00. The number of benzene rings is 2. The highest BCUT2D eigenvalue weighted by atomic mass is 16.1. The fourth-order valence-electron chi connectivity index (χ4n) is 1.97. The molecule has 2 aromatic rings. The van der Waals surface area contributed by atoms with Gasteiger partial charge in [-0.15, -0.1) is 0 Å². The maximum atomic E-state index is 11.9. The first-order valence-corrected chi connectivity index (χ1v) is 7.01. The summed E-state index contributed by atoms with van der Waals surface area (Å²) in [6, 6.07) is 17.5. The Balaban J connectivity index is 2.00. The number of carbonyl (C=O) groups is 2. The van der Waals surface area contributed by atoms with Crippen molar-refractivity contribution in [3.8, 4) is 0 Å². The van der Waals surface area contributed by atoms with Gasteiger partial charge in [-0.25, -0.2) is 0 Å². The lowest BCUT2D eigenvalue weighted by molar-refractivity contribution is -0.116. The monoisotopic (exact) mass is 278 g/mol. The van der Waals surface area contributed by atoms with E-state index in [0.29, 0.717) is 12.0 Å². The zero-order valence-corrected chi connectivity index (χ0v) is 12.1. The smallest absolute Gasteiger partial charge is 0.163 e. The van der Waals surface area contributed by atoms with Crippen molar-refractivity contribution in [2.75, 3.05) is 0 Å². The molecule has 0 radical (unpaired) electrons. The van der Waals surface area contributed by atoms with E-state index in [1.165, 1.54) is 6.92 Å². The topological polar surface area (TPSA) is 34.1 Å². The zero-order chi connectivity index (χ0) is 15.1. The molecular formula is C19H18O2. The molecule has 0 aliphatic heterocycles. The van der Waals surface area contributed by atoms with Crippen LogP contribution in [0.2, 0.25) is 0 Å². The maximum Gasteiger partial charge on any atom is 0.163 e. The predicted octanol–water partition coefficient (Wildman–Crippen LogP) is 4.41. The Morgan fingerprint density at radius 1 is 0.810 bits per heavy atom. The van der Waals surface area contributed by atoms with Gasteiger partial charge in [0.25, 0.3) is 0 Å².